The third-order valence-corrected chi connectivity index (χ3v) is 3.10. The van der Waals surface area contributed by atoms with Crippen molar-refractivity contribution < 1.29 is 14.6 Å². The van der Waals surface area contributed by atoms with Crippen LogP contribution >= 0.6 is 0 Å². The van der Waals surface area contributed by atoms with Gasteiger partial charge in [0.2, 0.25) is 0 Å². The molecule has 3 nitrogen and oxygen atoms in total. The minimum absolute atomic E-state index is 0.185. The molecule has 0 heterocycles. The van der Waals surface area contributed by atoms with Crippen LogP contribution in [0.3, 0.4) is 0 Å². The maximum absolute atomic E-state index is 11.7. The Hall–Kier alpha value is -0.830. The molecule has 0 radical (unpaired) electrons. The van der Waals surface area contributed by atoms with Crippen LogP contribution in [-0.4, -0.2) is 23.3 Å². The maximum atomic E-state index is 11.7. The highest BCUT2D eigenvalue weighted by Gasteiger charge is 2.49. The van der Waals surface area contributed by atoms with E-state index < -0.39 is 11.5 Å². The van der Waals surface area contributed by atoms with Crippen LogP contribution in [-0.2, 0) is 9.53 Å². The quantitative estimate of drug-likeness (QED) is 0.540. The molecule has 1 aliphatic rings. The number of hydrogen-bond donors (Lipinski definition) is 1. The Bertz CT molecular complexity index is 245. The summed E-state index contributed by atoms with van der Waals surface area (Å²) < 4.78 is 4.97. The molecule has 0 aromatic carbocycles. The fraction of sp³-hybridized carbons (Fsp3) is 0.750. The van der Waals surface area contributed by atoms with Crippen molar-refractivity contribution in [2.45, 2.75) is 38.7 Å². The summed E-state index contributed by atoms with van der Waals surface area (Å²) in [6, 6.07) is 0. The summed E-state index contributed by atoms with van der Waals surface area (Å²) >= 11 is 0. The lowest BCUT2D eigenvalue weighted by Crippen LogP contribution is -2.43. The van der Waals surface area contributed by atoms with Crippen LogP contribution in [0.5, 0.6) is 0 Å². The van der Waals surface area contributed by atoms with Crippen LogP contribution in [0.2, 0.25) is 0 Å². The van der Waals surface area contributed by atoms with Crippen molar-refractivity contribution in [2.75, 3.05) is 6.61 Å². The van der Waals surface area contributed by atoms with Crippen LogP contribution in [0.15, 0.2) is 12.7 Å². The van der Waals surface area contributed by atoms with Gasteiger partial charge in [-0.25, -0.2) is 0 Å². The smallest absolute Gasteiger partial charge is 0.312 e. The summed E-state index contributed by atoms with van der Waals surface area (Å²) in [5.74, 6) is -0.596. The Morgan fingerprint density at radius 1 is 1.67 bits per heavy atom. The minimum Gasteiger partial charge on any atom is -0.466 e. The van der Waals surface area contributed by atoms with Crippen LogP contribution in [0.1, 0.15) is 33.1 Å². The van der Waals surface area contributed by atoms with Gasteiger partial charge in [-0.3, -0.25) is 4.79 Å². The fourth-order valence-electron chi connectivity index (χ4n) is 2.06. The number of carbonyl (C=O) groups excluding carboxylic acids is 1. The Morgan fingerprint density at radius 2 is 2.27 bits per heavy atom. The summed E-state index contributed by atoms with van der Waals surface area (Å²) in [6.07, 6.45) is 4.03. The monoisotopic (exact) mass is 212 g/mol. The molecule has 0 aliphatic heterocycles. The highest BCUT2D eigenvalue weighted by atomic mass is 16.5. The van der Waals surface area contributed by atoms with Gasteiger partial charge in [0.1, 0.15) is 0 Å². The van der Waals surface area contributed by atoms with E-state index in [1.54, 1.807) is 6.92 Å². The summed E-state index contributed by atoms with van der Waals surface area (Å²) in [4.78, 5) is 11.7. The normalized spacial score (nSPS) is 21.5. The molecule has 0 bridgehead atoms. The molecule has 0 aromatic rings. The van der Waals surface area contributed by atoms with E-state index in [1.165, 1.54) is 6.08 Å². The van der Waals surface area contributed by atoms with Crippen molar-refractivity contribution in [1.29, 1.82) is 0 Å². The predicted octanol–water partition coefficient (Wildman–Crippen LogP) is 1.90. The molecule has 2 atom stereocenters. The Kier molecular flexibility index (Phi) is 3.91. The molecule has 0 spiro atoms. The highest BCUT2D eigenvalue weighted by Crippen LogP contribution is 2.45. The second-order valence-electron chi connectivity index (χ2n) is 4.08. The predicted molar refractivity (Wildman–Crippen MR) is 58.3 cm³/mol. The van der Waals surface area contributed by atoms with E-state index in [0.29, 0.717) is 13.0 Å². The van der Waals surface area contributed by atoms with E-state index in [0.717, 1.165) is 12.8 Å². The van der Waals surface area contributed by atoms with Crippen molar-refractivity contribution in [3.63, 3.8) is 0 Å². The van der Waals surface area contributed by atoms with Crippen LogP contribution < -0.4 is 0 Å². The number of aliphatic hydroxyl groups is 1. The van der Waals surface area contributed by atoms with Crippen LogP contribution in [0, 0.1) is 11.8 Å². The summed E-state index contributed by atoms with van der Waals surface area (Å²) in [5.41, 5.74) is -1.07. The molecule has 0 saturated heterocycles. The molecule has 1 N–H and O–H groups in total. The summed E-state index contributed by atoms with van der Waals surface area (Å²) in [6.45, 7) is 7.66. The van der Waals surface area contributed by atoms with Gasteiger partial charge < -0.3 is 9.84 Å². The molecule has 1 fully saturated rings. The first-order valence-corrected chi connectivity index (χ1v) is 5.62. The number of hydrogen-bond acceptors (Lipinski definition) is 3. The molecule has 0 amide bonds. The molecule has 2 unspecified atom stereocenters. The highest BCUT2D eigenvalue weighted by molar-refractivity contribution is 5.74. The molecule has 86 valence electrons. The zero-order chi connectivity index (χ0) is 11.5. The van der Waals surface area contributed by atoms with E-state index in [1.807, 2.05) is 6.92 Å². The Morgan fingerprint density at radius 3 is 2.60 bits per heavy atom. The van der Waals surface area contributed by atoms with Gasteiger partial charge in [0.25, 0.3) is 0 Å². The first-order valence-electron chi connectivity index (χ1n) is 5.62. The topological polar surface area (TPSA) is 46.5 Å². The Balaban J connectivity index is 2.78. The molecular formula is C12H20O3. The molecule has 15 heavy (non-hydrogen) atoms. The van der Waals surface area contributed by atoms with Gasteiger partial charge in [0, 0.05) is 0 Å². The lowest BCUT2D eigenvalue weighted by Gasteiger charge is -2.31. The van der Waals surface area contributed by atoms with Crippen molar-refractivity contribution in [3.05, 3.63) is 12.7 Å². The van der Waals surface area contributed by atoms with Gasteiger partial charge >= 0.3 is 5.97 Å². The zero-order valence-corrected chi connectivity index (χ0v) is 9.53. The largest absolute Gasteiger partial charge is 0.466 e. The fourth-order valence-corrected chi connectivity index (χ4v) is 2.06. The zero-order valence-electron chi connectivity index (χ0n) is 9.53. The standard InChI is InChI=1S/C12H20O3/c1-4-10(11(13)15-6-3)12(14,5-2)9-7-8-9/h5,9-10,14H,2,4,6-8H2,1,3H3. The molecule has 1 saturated carbocycles. The van der Waals surface area contributed by atoms with Gasteiger partial charge in [0.05, 0.1) is 18.1 Å². The maximum Gasteiger partial charge on any atom is 0.312 e. The van der Waals surface area contributed by atoms with Crippen molar-refractivity contribution in [3.8, 4) is 0 Å². The summed E-state index contributed by atoms with van der Waals surface area (Å²) in [7, 11) is 0. The SMILES string of the molecule is C=CC(O)(C1CC1)C(CC)C(=O)OCC. The first-order chi connectivity index (χ1) is 7.10. The van der Waals surface area contributed by atoms with Gasteiger partial charge in [-0.1, -0.05) is 13.0 Å². The van der Waals surface area contributed by atoms with Gasteiger partial charge in [0.15, 0.2) is 0 Å². The molecule has 1 aliphatic carbocycles. The molecule has 1 rings (SSSR count). The van der Waals surface area contributed by atoms with Crippen molar-refractivity contribution >= 4 is 5.97 Å². The summed E-state index contributed by atoms with van der Waals surface area (Å²) in [5, 5.41) is 10.4. The Labute approximate surface area is 91.1 Å². The van der Waals surface area contributed by atoms with Crippen molar-refractivity contribution in [2.24, 2.45) is 11.8 Å². The second kappa shape index (κ2) is 4.79. The van der Waals surface area contributed by atoms with Gasteiger partial charge in [-0.05, 0) is 32.1 Å². The van der Waals surface area contributed by atoms with E-state index in [4.69, 9.17) is 4.74 Å². The second-order valence-corrected chi connectivity index (χ2v) is 4.08. The van der Waals surface area contributed by atoms with Crippen LogP contribution in [0.4, 0.5) is 0 Å². The van der Waals surface area contributed by atoms with E-state index >= 15 is 0 Å². The number of ether oxygens (including phenoxy) is 1. The lowest BCUT2D eigenvalue weighted by atomic mass is 9.81. The van der Waals surface area contributed by atoms with E-state index in [9.17, 15) is 9.90 Å². The molecule has 3 heteroatoms. The third-order valence-electron chi connectivity index (χ3n) is 3.10. The van der Waals surface area contributed by atoms with E-state index in [2.05, 4.69) is 6.58 Å². The first kappa shape index (κ1) is 12.2. The average molecular weight is 212 g/mol. The van der Waals surface area contributed by atoms with Gasteiger partial charge in [-0.2, -0.15) is 0 Å². The lowest BCUT2D eigenvalue weighted by molar-refractivity contribution is -0.156. The van der Waals surface area contributed by atoms with Crippen LogP contribution in [0.25, 0.3) is 0 Å². The van der Waals surface area contributed by atoms with Gasteiger partial charge in [-0.15, -0.1) is 6.58 Å². The average Bonchev–Trinajstić information content (AvgIpc) is 3.02. The molecular weight excluding hydrogens is 192 g/mol. The number of esters is 1. The number of rotatable bonds is 6. The number of carbonyl (C=O) groups is 1. The molecule has 0 aromatic heterocycles. The third kappa shape index (κ3) is 2.40. The minimum atomic E-state index is -1.07. The van der Waals surface area contributed by atoms with Crippen molar-refractivity contribution in [1.82, 2.24) is 0 Å². The van der Waals surface area contributed by atoms with E-state index in [-0.39, 0.29) is 11.9 Å².